The molecule has 0 amide bonds. The van der Waals surface area contributed by atoms with Crippen LogP contribution in [0, 0.1) is 6.92 Å². The quantitative estimate of drug-likeness (QED) is 0.488. The summed E-state index contributed by atoms with van der Waals surface area (Å²) in [5.74, 6) is 1.27. The fourth-order valence-electron chi connectivity index (χ4n) is 3.74. The fraction of sp³-hybridized carbons (Fsp3) is 0.364. The molecule has 0 radical (unpaired) electrons. The first kappa shape index (κ1) is 21.3. The number of aromatic nitrogens is 2. The number of benzene rings is 1. The van der Waals surface area contributed by atoms with Crippen molar-refractivity contribution in [1.82, 2.24) is 9.97 Å². The van der Waals surface area contributed by atoms with Crippen LogP contribution in [0.1, 0.15) is 48.9 Å². The third kappa shape index (κ3) is 5.15. The predicted molar refractivity (Wildman–Crippen MR) is 122 cm³/mol. The molecular weight excluding hydrogens is 384 g/mol. The number of unbranched alkanes of at least 4 members (excludes halogenated alkanes) is 1. The number of aryl methyl sites for hydroxylation is 1. The largest absolute Gasteiger partial charge is 0.387 e. The zero-order chi connectivity index (χ0) is 20.8. The van der Waals surface area contributed by atoms with Crippen molar-refractivity contribution in [2.24, 2.45) is 22.2 Å². The van der Waals surface area contributed by atoms with Crippen molar-refractivity contribution in [2.45, 2.75) is 39.0 Å². The van der Waals surface area contributed by atoms with E-state index in [4.69, 9.17) is 28.8 Å². The van der Waals surface area contributed by atoms with Crippen LogP contribution < -0.4 is 17.2 Å². The molecule has 7 N–H and O–H groups in total. The van der Waals surface area contributed by atoms with E-state index in [1.165, 1.54) is 11.1 Å². The van der Waals surface area contributed by atoms with Crippen molar-refractivity contribution < 1.29 is 0 Å². The van der Waals surface area contributed by atoms with E-state index in [2.05, 4.69) is 28.0 Å². The van der Waals surface area contributed by atoms with Crippen LogP contribution in [0.3, 0.4) is 0 Å². The number of allylic oxidation sites excluding steroid dienone is 1. The lowest BCUT2D eigenvalue weighted by atomic mass is 9.92. The Kier molecular flexibility index (Phi) is 7.25. The molecule has 1 aliphatic heterocycles. The van der Waals surface area contributed by atoms with Gasteiger partial charge >= 0.3 is 0 Å². The average Bonchev–Trinajstić information content (AvgIpc) is 3.10. The number of H-pyrrole nitrogens is 1. The minimum absolute atomic E-state index is 0.451. The van der Waals surface area contributed by atoms with Gasteiger partial charge in [-0.2, -0.15) is 0 Å². The summed E-state index contributed by atoms with van der Waals surface area (Å²) in [6.07, 6.45) is 8.35. The molecular formula is C22H29ClN6. The summed E-state index contributed by atoms with van der Waals surface area (Å²) in [6, 6.07) is 5.91. The van der Waals surface area contributed by atoms with E-state index in [1.807, 2.05) is 18.2 Å². The van der Waals surface area contributed by atoms with E-state index < -0.39 is 0 Å². The van der Waals surface area contributed by atoms with E-state index in [1.54, 1.807) is 6.33 Å². The molecule has 0 fully saturated rings. The highest BCUT2D eigenvalue weighted by Crippen LogP contribution is 2.31. The van der Waals surface area contributed by atoms with Crippen molar-refractivity contribution >= 4 is 34.4 Å². The Morgan fingerprint density at radius 2 is 2.03 bits per heavy atom. The number of fused-ring (bicyclic) bond motifs is 1. The van der Waals surface area contributed by atoms with Crippen molar-refractivity contribution in [1.29, 1.82) is 0 Å². The summed E-state index contributed by atoms with van der Waals surface area (Å²) >= 11 is 6.21. The van der Waals surface area contributed by atoms with Gasteiger partial charge in [-0.1, -0.05) is 29.3 Å². The minimum atomic E-state index is 0.451. The molecule has 1 aromatic carbocycles. The van der Waals surface area contributed by atoms with Gasteiger partial charge < -0.3 is 22.2 Å². The molecule has 2 heterocycles. The van der Waals surface area contributed by atoms with Crippen LogP contribution >= 0.6 is 11.6 Å². The third-order valence-electron chi connectivity index (χ3n) is 5.32. The molecule has 0 spiro atoms. The number of nitrogens with two attached hydrogens (primary N) is 3. The molecule has 6 nitrogen and oxygen atoms in total. The first-order chi connectivity index (χ1) is 14.0. The monoisotopic (exact) mass is 412 g/mol. The van der Waals surface area contributed by atoms with Crippen molar-refractivity contribution in [2.75, 3.05) is 13.1 Å². The van der Waals surface area contributed by atoms with Gasteiger partial charge in [0.25, 0.3) is 0 Å². The second kappa shape index (κ2) is 9.87. The highest BCUT2D eigenvalue weighted by molar-refractivity contribution is 6.30. The van der Waals surface area contributed by atoms with Crippen LogP contribution in [-0.4, -0.2) is 28.9 Å². The van der Waals surface area contributed by atoms with Gasteiger partial charge in [-0.15, -0.1) is 0 Å². The molecule has 0 aliphatic carbocycles. The number of amidine groups is 1. The first-order valence-electron chi connectivity index (χ1n) is 9.96. The van der Waals surface area contributed by atoms with E-state index in [-0.39, 0.29) is 0 Å². The lowest BCUT2D eigenvalue weighted by Gasteiger charge is -2.16. The van der Waals surface area contributed by atoms with Crippen molar-refractivity contribution in [3.05, 3.63) is 58.0 Å². The molecule has 2 aromatic rings. The second-order valence-corrected chi connectivity index (χ2v) is 7.73. The molecule has 1 aromatic heterocycles. The molecule has 0 saturated heterocycles. The standard InChI is InChI=1S/C22H29ClN6/c1-14-6-8-17(23)10-18(14)19(12-25)16(11-24)5-3-2-4-15-7-9-20(26)29-22-21(15)27-13-28-22/h6-8,10,13H,2-5,9,11-12,24-25H2,1H3,(H2,26,29)(H,27,28)/b19-16-. The van der Waals surface area contributed by atoms with Gasteiger partial charge in [0.2, 0.25) is 0 Å². The summed E-state index contributed by atoms with van der Waals surface area (Å²) in [7, 11) is 0. The summed E-state index contributed by atoms with van der Waals surface area (Å²) < 4.78 is 0. The maximum absolute atomic E-state index is 6.21. The van der Waals surface area contributed by atoms with Crippen LogP contribution in [0.5, 0.6) is 0 Å². The van der Waals surface area contributed by atoms with Gasteiger partial charge in [0.15, 0.2) is 5.82 Å². The zero-order valence-corrected chi connectivity index (χ0v) is 17.6. The topological polar surface area (TPSA) is 119 Å². The SMILES string of the molecule is Cc1ccc(Cl)cc1/C(CN)=C(\CN)CCCCC1=CCC(N)=Nc2nc[nH]c21. The number of nitrogens with one attached hydrogen (secondary N) is 1. The van der Waals surface area contributed by atoms with Gasteiger partial charge in [-0.3, -0.25) is 0 Å². The lowest BCUT2D eigenvalue weighted by Crippen LogP contribution is -2.13. The molecule has 154 valence electrons. The number of aliphatic imine (C=N–C) groups is 1. The Morgan fingerprint density at radius 1 is 1.21 bits per heavy atom. The number of imidazole rings is 1. The number of halogens is 1. The van der Waals surface area contributed by atoms with Crippen molar-refractivity contribution in [3.8, 4) is 0 Å². The highest BCUT2D eigenvalue weighted by atomic mass is 35.5. The Bertz CT molecular complexity index is 954. The first-order valence-corrected chi connectivity index (χ1v) is 10.3. The zero-order valence-electron chi connectivity index (χ0n) is 16.8. The number of hydrogen-bond acceptors (Lipinski definition) is 5. The molecule has 3 rings (SSSR count). The molecule has 0 saturated carbocycles. The lowest BCUT2D eigenvalue weighted by molar-refractivity contribution is 0.738. The summed E-state index contributed by atoms with van der Waals surface area (Å²) in [6.45, 7) is 3.02. The van der Waals surface area contributed by atoms with E-state index in [9.17, 15) is 0 Å². The van der Waals surface area contributed by atoms with Gasteiger partial charge in [-0.05, 0) is 67.0 Å². The second-order valence-electron chi connectivity index (χ2n) is 7.29. The average molecular weight is 413 g/mol. The van der Waals surface area contributed by atoms with Gasteiger partial charge in [-0.25, -0.2) is 9.98 Å². The maximum Gasteiger partial charge on any atom is 0.179 e. The summed E-state index contributed by atoms with van der Waals surface area (Å²) in [5.41, 5.74) is 24.8. The van der Waals surface area contributed by atoms with Crippen LogP contribution in [0.4, 0.5) is 5.82 Å². The summed E-state index contributed by atoms with van der Waals surface area (Å²) in [5, 5.41) is 0.713. The fourth-order valence-corrected chi connectivity index (χ4v) is 3.91. The number of rotatable bonds is 8. The van der Waals surface area contributed by atoms with E-state index >= 15 is 0 Å². The van der Waals surface area contributed by atoms with Crippen LogP contribution in [0.15, 0.2) is 41.2 Å². The Morgan fingerprint density at radius 3 is 2.79 bits per heavy atom. The number of nitrogens with zero attached hydrogens (tertiary/aromatic N) is 2. The Hall–Kier alpha value is -2.41. The van der Waals surface area contributed by atoms with E-state index in [0.29, 0.717) is 36.2 Å². The minimum Gasteiger partial charge on any atom is -0.387 e. The molecule has 0 unspecified atom stereocenters. The molecule has 1 aliphatic rings. The van der Waals surface area contributed by atoms with Crippen LogP contribution in [0.2, 0.25) is 5.02 Å². The number of hydrogen-bond donors (Lipinski definition) is 4. The normalized spacial score (nSPS) is 14.6. The Labute approximate surface area is 176 Å². The van der Waals surface area contributed by atoms with Gasteiger partial charge in [0.1, 0.15) is 5.84 Å². The van der Waals surface area contributed by atoms with Gasteiger partial charge in [0, 0.05) is 24.5 Å². The Balaban J connectivity index is 1.67. The third-order valence-corrected chi connectivity index (χ3v) is 5.56. The molecule has 7 heteroatoms. The predicted octanol–water partition coefficient (Wildman–Crippen LogP) is 4.08. The number of aromatic amines is 1. The summed E-state index contributed by atoms with van der Waals surface area (Å²) in [4.78, 5) is 11.8. The highest BCUT2D eigenvalue weighted by Gasteiger charge is 2.15. The van der Waals surface area contributed by atoms with Gasteiger partial charge in [0.05, 0.1) is 12.0 Å². The van der Waals surface area contributed by atoms with Crippen LogP contribution in [-0.2, 0) is 0 Å². The van der Waals surface area contributed by atoms with E-state index in [0.717, 1.165) is 48.1 Å². The molecule has 29 heavy (non-hydrogen) atoms. The maximum atomic E-state index is 6.21. The van der Waals surface area contributed by atoms with Crippen molar-refractivity contribution in [3.63, 3.8) is 0 Å². The molecule has 0 atom stereocenters. The smallest absolute Gasteiger partial charge is 0.179 e. The van der Waals surface area contributed by atoms with Crippen LogP contribution in [0.25, 0.3) is 11.1 Å². The molecule has 0 bridgehead atoms.